The Kier molecular flexibility index (Phi) is 5.77. The number of hydrogen-bond donors (Lipinski definition) is 0. The minimum atomic E-state index is -1.02. The van der Waals surface area contributed by atoms with Gasteiger partial charge in [-0.05, 0) is 23.6 Å². The van der Waals surface area contributed by atoms with Crippen LogP contribution in [0.15, 0.2) is 54.6 Å². The van der Waals surface area contributed by atoms with E-state index >= 15 is 0 Å². The molecule has 0 aliphatic heterocycles. The minimum absolute atomic E-state index is 0.708. The van der Waals surface area contributed by atoms with Gasteiger partial charge in [-0.1, -0.05) is 79.8 Å². The molecular weight excluding hydrogens is 272 g/mol. The summed E-state index contributed by atoms with van der Waals surface area (Å²) in [6.07, 6.45) is 0.981. The highest BCUT2D eigenvalue weighted by Crippen LogP contribution is 2.13. The molecule has 0 atom stereocenters. The molecule has 0 aliphatic carbocycles. The molecule has 2 heteroatoms. The van der Waals surface area contributed by atoms with Crippen molar-refractivity contribution in [3.05, 3.63) is 71.3 Å². The lowest BCUT2D eigenvalue weighted by Crippen LogP contribution is -2.23. The third kappa shape index (κ3) is 6.28. The molecule has 0 heterocycles. The van der Waals surface area contributed by atoms with E-state index in [2.05, 4.69) is 68.2 Å². The first-order valence-electron chi connectivity index (χ1n) is 7.72. The fourth-order valence-corrected chi connectivity index (χ4v) is 3.85. The van der Waals surface area contributed by atoms with Crippen molar-refractivity contribution < 1.29 is 4.74 Å². The summed E-state index contributed by atoms with van der Waals surface area (Å²) < 4.78 is 5.77. The standard InChI is InChI=1S/C19H26OSi/c1-21(2,3)16-19-11-9-18(10-12-19)15-20-14-13-17-7-5-4-6-8-17/h4-12H,13-16H2,1-3H3. The third-order valence-corrected chi connectivity index (χ3v) is 4.87. The largest absolute Gasteiger partial charge is 0.376 e. The lowest BCUT2D eigenvalue weighted by atomic mass is 10.1. The van der Waals surface area contributed by atoms with Crippen LogP contribution in [0.25, 0.3) is 0 Å². The van der Waals surface area contributed by atoms with Crippen molar-refractivity contribution in [3.63, 3.8) is 0 Å². The van der Waals surface area contributed by atoms with Crippen LogP contribution in [0.4, 0.5) is 0 Å². The lowest BCUT2D eigenvalue weighted by Gasteiger charge is -2.15. The van der Waals surface area contributed by atoms with Gasteiger partial charge in [0.05, 0.1) is 13.2 Å². The normalized spacial score (nSPS) is 11.6. The molecule has 112 valence electrons. The molecule has 0 spiro atoms. The van der Waals surface area contributed by atoms with Gasteiger partial charge < -0.3 is 4.74 Å². The van der Waals surface area contributed by atoms with E-state index in [9.17, 15) is 0 Å². The van der Waals surface area contributed by atoms with E-state index in [1.807, 2.05) is 6.07 Å². The maximum Gasteiger partial charge on any atom is 0.0717 e. The van der Waals surface area contributed by atoms with Gasteiger partial charge in [0.25, 0.3) is 0 Å². The molecule has 0 fully saturated rings. The maximum atomic E-state index is 5.77. The summed E-state index contributed by atoms with van der Waals surface area (Å²) in [5.74, 6) is 0. The Hall–Kier alpha value is -1.38. The molecule has 0 saturated heterocycles. The summed E-state index contributed by atoms with van der Waals surface area (Å²) in [4.78, 5) is 0. The van der Waals surface area contributed by atoms with Crippen molar-refractivity contribution in [2.45, 2.75) is 38.7 Å². The Bertz CT molecular complexity index is 526. The van der Waals surface area contributed by atoms with Crippen LogP contribution < -0.4 is 0 Å². The van der Waals surface area contributed by atoms with Gasteiger partial charge in [-0.2, -0.15) is 0 Å². The second kappa shape index (κ2) is 7.58. The molecule has 2 rings (SSSR count). The van der Waals surface area contributed by atoms with E-state index in [4.69, 9.17) is 4.74 Å². The highest BCUT2D eigenvalue weighted by Gasteiger charge is 2.13. The Labute approximate surface area is 130 Å². The van der Waals surface area contributed by atoms with Gasteiger partial charge in [0, 0.05) is 8.07 Å². The molecule has 0 radical (unpaired) electrons. The van der Waals surface area contributed by atoms with E-state index < -0.39 is 8.07 Å². The Morgan fingerprint density at radius 3 is 2.00 bits per heavy atom. The molecule has 0 aliphatic rings. The molecule has 0 bridgehead atoms. The second-order valence-corrected chi connectivity index (χ2v) is 12.3. The van der Waals surface area contributed by atoms with E-state index in [1.54, 1.807) is 0 Å². The zero-order chi connectivity index (χ0) is 15.1. The summed E-state index contributed by atoms with van der Waals surface area (Å²) in [5, 5.41) is 0. The van der Waals surface area contributed by atoms with Crippen LogP contribution in [0.1, 0.15) is 16.7 Å². The van der Waals surface area contributed by atoms with E-state index in [0.717, 1.165) is 13.0 Å². The van der Waals surface area contributed by atoms with Gasteiger partial charge in [-0.25, -0.2) is 0 Å². The average Bonchev–Trinajstić information content (AvgIpc) is 2.45. The quantitative estimate of drug-likeness (QED) is 0.523. The molecule has 21 heavy (non-hydrogen) atoms. The van der Waals surface area contributed by atoms with Crippen molar-refractivity contribution in [2.24, 2.45) is 0 Å². The van der Waals surface area contributed by atoms with Crippen molar-refractivity contribution in [1.29, 1.82) is 0 Å². The molecule has 0 N–H and O–H groups in total. The number of hydrogen-bond acceptors (Lipinski definition) is 1. The van der Waals surface area contributed by atoms with Crippen LogP contribution in [-0.4, -0.2) is 14.7 Å². The molecule has 0 unspecified atom stereocenters. The zero-order valence-electron chi connectivity index (χ0n) is 13.4. The topological polar surface area (TPSA) is 9.23 Å². The van der Waals surface area contributed by atoms with E-state index in [0.29, 0.717) is 6.61 Å². The second-order valence-electron chi connectivity index (χ2n) is 6.84. The SMILES string of the molecule is C[Si](C)(C)Cc1ccc(COCCc2ccccc2)cc1. The molecule has 1 nitrogen and oxygen atoms in total. The monoisotopic (exact) mass is 298 g/mol. The first-order chi connectivity index (χ1) is 10.0. The maximum absolute atomic E-state index is 5.77. The molecule has 2 aromatic rings. The van der Waals surface area contributed by atoms with Crippen molar-refractivity contribution >= 4 is 8.07 Å². The first kappa shape index (κ1) is 16.0. The van der Waals surface area contributed by atoms with Crippen LogP contribution in [-0.2, 0) is 23.8 Å². The van der Waals surface area contributed by atoms with Crippen LogP contribution in [0.2, 0.25) is 19.6 Å². The van der Waals surface area contributed by atoms with Crippen LogP contribution >= 0.6 is 0 Å². The Balaban J connectivity index is 1.74. The average molecular weight is 299 g/mol. The summed E-state index contributed by atoms with van der Waals surface area (Å²) in [5.41, 5.74) is 4.06. The van der Waals surface area contributed by atoms with Crippen molar-refractivity contribution in [3.8, 4) is 0 Å². The Morgan fingerprint density at radius 2 is 1.38 bits per heavy atom. The van der Waals surface area contributed by atoms with Gasteiger partial charge in [0.15, 0.2) is 0 Å². The molecule has 0 aromatic heterocycles. The number of ether oxygens (including phenoxy) is 1. The minimum Gasteiger partial charge on any atom is -0.376 e. The fraction of sp³-hybridized carbons (Fsp3) is 0.368. The summed E-state index contributed by atoms with van der Waals surface area (Å²) >= 11 is 0. The van der Waals surface area contributed by atoms with Crippen molar-refractivity contribution in [2.75, 3.05) is 6.61 Å². The zero-order valence-corrected chi connectivity index (χ0v) is 14.4. The molecule has 0 saturated carbocycles. The highest BCUT2D eigenvalue weighted by molar-refractivity contribution is 6.75. The predicted octanol–water partition coefficient (Wildman–Crippen LogP) is 4.87. The summed E-state index contributed by atoms with van der Waals surface area (Å²) in [6.45, 7) is 8.72. The molecule has 0 amide bonds. The lowest BCUT2D eigenvalue weighted by molar-refractivity contribution is 0.124. The van der Waals surface area contributed by atoms with Gasteiger partial charge in [-0.3, -0.25) is 0 Å². The van der Waals surface area contributed by atoms with E-state index in [1.165, 1.54) is 22.7 Å². The predicted molar refractivity (Wildman–Crippen MR) is 93.3 cm³/mol. The first-order valence-corrected chi connectivity index (χ1v) is 11.4. The van der Waals surface area contributed by atoms with E-state index in [-0.39, 0.29) is 0 Å². The van der Waals surface area contributed by atoms with Crippen LogP contribution in [0.3, 0.4) is 0 Å². The van der Waals surface area contributed by atoms with Gasteiger partial charge in [0.2, 0.25) is 0 Å². The number of benzene rings is 2. The molecular formula is C19H26OSi. The number of rotatable bonds is 7. The smallest absolute Gasteiger partial charge is 0.0717 e. The van der Waals surface area contributed by atoms with Crippen molar-refractivity contribution in [1.82, 2.24) is 0 Å². The summed E-state index contributed by atoms with van der Waals surface area (Å²) in [7, 11) is -1.02. The Morgan fingerprint density at radius 1 is 0.762 bits per heavy atom. The third-order valence-electron chi connectivity index (χ3n) is 3.40. The van der Waals surface area contributed by atoms with Gasteiger partial charge >= 0.3 is 0 Å². The molecule has 2 aromatic carbocycles. The summed E-state index contributed by atoms with van der Waals surface area (Å²) in [6, 6.07) is 20.7. The van der Waals surface area contributed by atoms with Gasteiger partial charge in [0.1, 0.15) is 0 Å². The van der Waals surface area contributed by atoms with Crippen LogP contribution in [0, 0.1) is 0 Å². The van der Waals surface area contributed by atoms with Gasteiger partial charge in [-0.15, -0.1) is 0 Å². The van der Waals surface area contributed by atoms with Crippen LogP contribution in [0.5, 0.6) is 0 Å². The fourth-order valence-electron chi connectivity index (χ4n) is 2.39. The highest BCUT2D eigenvalue weighted by atomic mass is 28.3.